The van der Waals surface area contributed by atoms with Gasteiger partial charge in [0.25, 0.3) is 0 Å². The highest BCUT2D eigenvalue weighted by Crippen LogP contribution is 2.18. The Bertz CT molecular complexity index is 617. The van der Waals surface area contributed by atoms with E-state index in [1.54, 1.807) is 18.2 Å². The van der Waals surface area contributed by atoms with Crippen LogP contribution in [-0.4, -0.2) is 13.1 Å². The minimum atomic E-state index is -0.359. The maximum absolute atomic E-state index is 11.5. The van der Waals surface area contributed by atoms with Crippen LogP contribution in [0.25, 0.3) is 0 Å². The minimum absolute atomic E-state index is 0.359. The first kappa shape index (κ1) is 14.1. The Balaban J connectivity index is 2.11. The van der Waals surface area contributed by atoms with Crippen molar-refractivity contribution in [2.75, 3.05) is 7.11 Å². The van der Waals surface area contributed by atoms with Crippen LogP contribution in [0.5, 0.6) is 5.75 Å². The first-order chi connectivity index (χ1) is 9.60. The summed E-state index contributed by atoms with van der Waals surface area (Å²) >= 11 is 0. The number of benzene rings is 2. The van der Waals surface area contributed by atoms with Crippen LogP contribution in [0.15, 0.2) is 42.5 Å². The molecule has 0 aliphatic rings. The fraction of sp³-hybridized carbons (Fsp3) is 0.235. The lowest BCUT2D eigenvalue weighted by molar-refractivity contribution is 0.0600. The van der Waals surface area contributed by atoms with Gasteiger partial charge in [-0.05, 0) is 43.2 Å². The molecule has 0 spiro atoms. The van der Waals surface area contributed by atoms with Gasteiger partial charge in [-0.2, -0.15) is 0 Å². The molecule has 3 heteroatoms. The number of esters is 1. The lowest BCUT2D eigenvalue weighted by Crippen LogP contribution is -2.02. The molecule has 0 aromatic heterocycles. The van der Waals surface area contributed by atoms with Crippen LogP contribution >= 0.6 is 0 Å². The van der Waals surface area contributed by atoms with E-state index in [0.717, 1.165) is 5.56 Å². The van der Waals surface area contributed by atoms with Crippen LogP contribution in [-0.2, 0) is 11.3 Å². The number of ether oxygens (including phenoxy) is 2. The van der Waals surface area contributed by atoms with Crippen molar-refractivity contribution in [3.05, 3.63) is 64.7 Å². The van der Waals surface area contributed by atoms with Gasteiger partial charge in [0.05, 0.1) is 12.7 Å². The normalized spacial score (nSPS) is 10.2. The fourth-order valence-electron chi connectivity index (χ4n) is 1.95. The summed E-state index contributed by atoms with van der Waals surface area (Å²) in [6.07, 6.45) is 0. The smallest absolute Gasteiger partial charge is 0.337 e. The third-order valence-corrected chi connectivity index (χ3v) is 3.15. The van der Waals surface area contributed by atoms with Crippen LogP contribution in [0.2, 0.25) is 0 Å². The summed E-state index contributed by atoms with van der Waals surface area (Å²) < 4.78 is 10.4. The minimum Gasteiger partial charge on any atom is -0.489 e. The molecule has 3 nitrogen and oxygen atoms in total. The maximum Gasteiger partial charge on any atom is 0.337 e. The first-order valence-electron chi connectivity index (χ1n) is 6.47. The molecule has 0 saturated carbocycles. The summed E-state index contributed by atoms with van der Waals surface area (Å²) in [6.45, 7) is 4.60. The SMILES string of the molecule is COC(=O)c1cccc(OCc2cc(C)ccc2C)c1. The van der Waals surface area contributed by atoms with Crippen LogP contribution in [0, 0.1) is 13.8 Å². The molecule has 2 aromatic rings. The molecule has 0 atom stereocenters. The average Bonchev–Trinajstić information content (AvgIpc) is 2.47. The van der Waals surface area contributed by atoms with E-state index in [1.807, 2.05) is 6.07 Å². The van der Waals surface area contributed by atoms with E-state index in [2.05, 4.69) is 32.0 Å². The van der Waals surface area contributed by atoms with Gasteiger partial charge in [0.2, 0.25) is 0 Å². The molecular weight excluding hydrogens is 252 g/mol. The number of carbonyl (C=O) groups excluding carboxylic acids is 1. The van der Waals surface area contributed by atoms with Gasteiger partial charge in [-0.25, -0.2) is 4.79 Å². The molecule has 0 N–H and O–H groups in total. The zero-order valence-corrected chi connectivity index (χ0v) is 12.0. The highest BCUT2D eigenvalue weighted by atomic mass is 16.5. The second-order valence-corrected chi connectivity index (χ2v) is 4.74. The van der Waals surface area contributed by atoms with Crippen molar-refractivity contribution < 1.29 is 14.3 Å². The van der Waals surface area contributed by atoms with Crippen molar-refractivity contribution in [1.82, 2.24) is 0 Å². The molecule has 0 unspecified atom stereocenters. The third-order valence-electron chi connectivity index (χ3n) is 3.15. The molecule has 0 aliphatic carbocycles. The van der Waals surface area contributed by atoms with Gasteiger partial charge in [-0.1, -0.05) is 29.8 Å². The molecule has 0 fully saturated rings. The van der Waals surface area contributed by atoms with Crippen LogP contribution in [0.4, 0.5) is 0 Å². The van der Waals surface area contributed by atoms with Gasteiger partial charge in [-0.15, -0.1) is 0 Å². The topological polar surface area (TPSA) is 35.5 Å². The van der Waals surface area contributed by atoms with E-state index in [0.29, 0.717) is 17.9 Å². The molecule has 2 aromatic carbocycles. The second kappa shape index (κ2) is 6.24. The van der Waals surface area contributed by atoms with Crippen LogP contribution in [0.3, 0.4) is 0 Å². The van der Waals surface area contributed by atoms with Crippen molar-refractivity contribution >= 4 is 5.97 Å². The Morgan fingerprint density at radius 2 is 1.90 bits per heavy atom. The molecule has 104 valence electrons. The number of aryl methyl sites for hydroxylation is 2. The van der Waals surface area contributed by atoms with Crippen molar-refractivity contribution in [2.45, 2.75) is 20.5 Å². The number of carbonyl (C=O) groups is 1. The Morgan fingerprint density at radius 1 is 1.10 bits per heavy atom. The Hall–Kier alpha value is -2.29. The van der Waals surface area contributed by atoms with E-state index in [1.165, 1.54) is 18.2 Å². The fourth-order valence-corrected chi connectivity index (χ4v) is 1.95. The third kappa shape index (κ3) is 3.38. The van der Waals surface area contributed by atoms with E-state index in [9.17, 15) is 4.79 Å². The van der Waals surface area contributed by atoms with E-state index in [4.69, 9.17) is 9.47 Å². The molecule has 0 amide bonds. The van der Waals surface area contributed by atoms with Crippen molar-refractivity contribution in [3.8, 4) is 5.75 Å². The van der Waals surface area contributed by atoms with Gasteiger partial charge in [0.1, 0.15) is 12.4 Å². The molecule has 0 aliphatic heterocycles. The van der Waals surface area contributed by atoms with Crippen molar-refractivity contribution in [1.29, 1.82) is 0 Å². The van der Waals surface area contributed by atoms with Gasteiger partial charge < -0.3 is 9.47 Å². The number of methoxy groups -OCH3 is 1. The summed E-state index contributed by atoms with van der Waals surface area (Å²) in [5, 5.41) is 0. The van der Waals surface area contributed by atoms with Crippen molar-refractivity contribution in [3.63, 3.8) is 0 Å². The average molecular weight is 270 g/mol. The lowest BCUT2D eigenvalue weighted by atomic mass is 10.1. The van der Waals surface area contributed by atoms with Crippen LogP contribution < -0.4 is 4.74 Å². The highest BCUT2D eigenvalue weighted by molar-refractivity contribution is 5.89. The van der Waals surface area contributed by atoms with Crippen molar-refractivity contribution in [2.24, 2.45) is 0 Å². The highest BCUT2D eigenvalue weighted by Gasteiger charge is 2.06. The summed E-state index contributed by atoms with van der Waals surface area (Å²) in [4.78, 5) is 11.5. The monoisotopic (exact) mass is 270 g/mol. The second-order valence-electron chi connectivity index (χ2n) is 4.74. The van der Waals surface area contributed by atoms with E-state index < -0.39 is 0 Å². The Kier molecular flexibility index (Phi) is 4.41. The maximum atomic E-state index is 11.5. The molecule has 20 heavy (non-hydrogen) atoms. The molecular formula is C17H18O3. The van der Waals surface area contributed by atoms with Gasteiger partial charge in [0.15, 0.2) is 0 Å². The molecule has 2 rings (SSSR count). The quantitative estimate of drug-likeness (QED) is 0.795. The number of rotatable bonds is 4. The largest absolute Gasteiger partial charge is 0.489 e. The van der Waals surface area contributed by atoms with Gasteiger partial charge in [-0.3, -0.25) is 0 Å². The zero-order valence-electron chi connectivity index (χ0n) is 12.0. The summed E-state index contributed by atoms with van der Waals surface area (Å²) in [6, 6.07) is 13.3. The predicted octanol–water partition coefficient (Wildman–Crippen LogP) is 3.67. The zero-order chi connectivity index (χ0) is 14.5. The predicted molar refractivity (Wildman–Crippen MR) is 78.0 cm³/mol. The van der Waals surface area contributed by atoms with E-state index in [-0.39, 0.29) is 5.97 Å². The van der Waals surface area contributed by atoms with Crippen LogP contribution in [0.1, 0.15) is 27.0 Å². The number of hydrogen-bond donors (Lipinski definition) is 0. The molecule has 0 heterocycles. The number of hydrogen-bond acceptors (Lipinski definition) is 3. The first-order valence-corrected chi connectivity index (χ1v) is 6.47. The van der Waals surface area contributed by atoms with Gasteiger partial charge in [0, 0.05) is 0 Å². The standard InChI is InChI=1S/C17H18O3/c1-12-7-8-13(2)15(9-12)11-20-16-6-4-5-14(10-16)17(18)19-3/h4-10H,11H2,1-3H3. The summed E-state index contributed by atoms with van der Waals surface area (Å²) in [5.74, 6) is 0.302. The molecule has 0 bridgehead atoms. The van der Waals surface area contributed by atoms with Gasteiger partial charge >= 0.3 is 5.97 Å². The summed E-state index contributed by atoms with van der Waals surface area (Å²) in [5.41, 5.74) is 4.04. The lowest BCUT2D eigenvalue weighted by Gasteiger charge is -2.10. The Morgan fingerprint density at radius 3 is 2.65 bits per heavy atom. The Labute approximate surface area is 119 Å². The molecule has 0 saturated heterocycles. The van der Waals surface area contributed by atoms with E-state index >= 15 is 0 Å². The molecule has 0 radical (unpaired) electrons. The summed E-state index contributed by atoms with van der Waals surface area (Å²) in [7, 11) is 1.37.